The van der Waals surface area contributed by atoms with Crippen molar-refractivity contribution < 1.29 is 18.3 Å². The predicted molar refractivity (Wildman–Crippen MR) is 107 cm³/mol. The van der Waals surface area contributed by atoms with Gasteiger partial charge in [0.2, 0.25) is 0 Å². The number of aromatic nitrogens is 4. The highest BCUT2D eigenvalue weighted by Crippen LogP contribution is 2.27. The smallest absolute Gasteiger partial charge is 0.320 e. The van der Waals surface area contributed by atoms with Crippen LogP contribution in [-0.2, 0) is 9.53 Å². The highest BCUT2D eigenvalue weighted by Gasteiger charge is 2.23. The van der Waals surface area contributed by atoms with E-state index in [1.54, 1.807) is 13.1 Å². The number of carbonyl (C=O) groups excluding carboxylic acids is 1. The number of rotatable bonds is 6. The Kier molecular flexibility index (Phi) is 5.84. The van der Waals surface area contributed by atoms with Gasteiger partial charge in [-0.1, -0.05) is 0 Å². The molecule has 30 heavy (non-hydrogen) atoms. The second-order valence-electron chi connectivity index (χ2n) is 7.17. The minimum Gasteiger partial charge on any atom is -0.465 e. The number of halogens is 2. The van der Waals surface area contributed by atoms with E-state index in [9.17, 15) is 13.6 Å². The first-order valence-electron chi connectivity index (χ1n) is 9.83. The Bertz CT molecular complexity index is 1060. The van der Waals surface area contributed by atoms with Crippen molar-refractivity contribution in [3.05, 3.63) is 36.3 Å². The number of hydrogen-bond acceptors (Lipinski definition) is 7. The topological polar surface area (TPSA) is 96.0 Å². The van der Waals surface area contributed by atoms with Crippen LogP contribution in [-0.4, -0.2) is 63.1 Å². The maximum absolute atomic E-state index is 14.4. The Labute approximate surface area is 171 Å². The monoisotopic (exact) mass is 416 g/mol. The lowest BCUT2D eigenvalue weighted by atomic mass is 10.1. The highest BCUT2D eigenvalue weighted by atomic mass is 19.1. The van der Waals surface area contributed by atoms with Crippen molar-refractivity contribution in [2.75, 3.05) is 31.6 Å². The van der Waals surface area contributed by atoms with Crippen LogP contribution in [0.15, 0.2) is 24.7 Å². The molecule has 4 heterocycles. The number of nitrogens with zero attached hydrogens (tertiary/aromatic N) is 4. The normalized spacial score (nSPS) is 17.2. The van der Waals surface area contributed by atoms with Crippen LogP contribution in [0.25, 0.3) is 22.4 Å². The third-order valence-corrected chi connectivity index (χ3v) is 4.99. The number of esters is 1. The van der Waals surface area contributed by atoms with Gasteiger partial charge in [0, 0.05) is 29.7 Å². The number of likely N-dealkylation sites (tertiary alicyclic amines) is 1. The predicted octanol–water partition coefficient (Wildman–Crippen LogP) is 2.74. The fourth-order valence-corrected chi connectivity index (χ4v) is 3.66. The Hall–Kier alpha value is -3.14. The second kappa shape index (κ2) is 8.70. The van der Waals surface area contributed by atoms with Crippen LogP contribution in [0.4, 0.5) is 14.6 Å². The number of hydrogen-bond donors (Lipinski definition) is 2. The zero-order valence-corrected chi connectivity index (χ0v) is 16.5. The van der Waals surface area contributed by atoms with Crippen LogP contribution in [0.2, 0.25) is 0 Å². The van der Waals surface area contributed by atoms with Gasteiger partial charge < -0.3 is 15.0 Å². The molecule has 4 rings (SSSR count). The molecule has 0 amide bonds. The number of ether oxygens (including phenoxy) is 1. The zero-order valence-electron chi connectivity index (χ0n) is 16.5. The summed E-state index contributed by atoms with van der Waals surface area (Å²) < 4.78 is 33.0. The molecule has 0 spiro atoms. The maximum Gasteiger partial charge on any atom is 0.320 e. The summed E-state index contributed by atoms with van der Waals surface area (Å²) in [6, 6.07) is 1.26. The van der Waals surface area contributed by atoms with E-state index >= 15 is 0 Å². The van der Waals surface area contributed by atoms with E-state index in [4.69, 9.17) is 4.74 Å². The van der Waals surface area contributed by atoms with Crippen molar-refractivity contribution in [1.29, 1.82) is 0 Å². The van der Waals surface area contributed by atoms with Crippen LogP contribution in [0.3, 0.4) is 0 Å². The van der Waals surface area contributed by atoms with Crippen molar-refractivity contribution in [3.63, 3.8) is 0 Å². The Morgan fingerprint density at radius 3 is 3.07 bits per heavy atom. The van der Waals surface area contributed by atoms with E-state index in [1.807, 2.05) is 4.90 Å². The number of piperidine rings is 1. The largest absolute Gasteiger partial charge is 0.465 e. The van der Waals surface area contributed by atoms with Gasteiger partial charge in [0.25, 0.3) is 0 Å². The van der Waals surface area contributed by atoms with Gasteiger partial charge in [-0.3, -0.25) is 9.69 Å². The first-order valence-corrected chi connectivity index (χ1v) is 9.83. The van der Waals surface area contributed by atoms with Gasteiger partial charge in [-0.25, -0.2) is 23.7 Å². The summed E-state index contributed by atoms with van der Waals surface area (Å²) in [7, 11) is 0. The highest BCUT2D eigenvalue weighted by molar-refractivity contribution is 5.91. The van der Waals surface area contributed by atoms with Crippen LogP contribution >= 0.6 is 0 Å². The Morgan fingerprint density at radius 1 is 1.37 bits per heavy atom. The molecule has 2 N–H and O–H groups in total. The standard InChI is InChI=1S/C20H22F2N6O2/c1-2-30-17(29)11-28-5-3-4-13(10-28)26-20-16(22)9-25-19(27-20)15-8-24-18-14(15)6-12(21)7-23-18/h6-9,13H,2-5,10-11H2,1H3,(H,23,24)(H,25,26,27)/t13-/m0/s1. The van der Waals surface area contributed by atoms with Gasteiger partial charge in [-0.05, 0) is 32.4 Å². The lowest BCUT2D eigenvalue weighted by Gasteiger charge is -2.32. The van der Waals surface area contributed by atoms with Crippen molar-refractivity contribution in [1.82, 2.24) is 24.8 Å². The van der Waals surface area contributed by atoms with E-state index < -0.39 is 11.6 Å². The van der Waals surface area contributed by atoms with Gasteiger partial charge >= 0.3 is 5.97 Å². The van der Waals surface area contributed by atoms with E-state index in [0.29, 0.717) is 29.7 Å². The van der Waals surface area contributed by atoms with Crippen molar-refractivity contribution in [2.24, 2.45) is 0 Å². The van der Waals surface area contributed by atoms with Crippen LogP contribution < -0.4 is 5.32 Å². The average Bonchev–Trinajstić information content (AvgIpc) is 3.13. The van der Waals surface area contributed by atoms with Crippen molar-refractivity contribution in [3.8, 4) is 11.4 Å². The molecular weight excluding hydrogens is 394 g/mol. The van der Waals surface area contributed by atoms with Gasteiger partial charge in [0.1, 0.15) is 11.5 Å². The molecule has 10 heteroatoms. The zero-order chi connectivity index (χ0) is 21.1. The number of pyridine rings is 1. The summed E-state index contributed by atoms with van der Waals surface area (Å²) in [5, 5.41) is 3.65. The van der Waals surface area contributed by atoms with Gasteiger partial charge in [-0.15, -0.1) is 0 Å². The fraction of sp³-hybridized carbons (Fsp3) is 0.400. The molecule has 1 aliphatic heterocycles. The number of aromatic amines is 1. The lowest BCUT2D eigenvalue weighted by Crippen LogP contribution is -2.44. The second-order valence-corrected chi connectivity index (χ2v) is 7.17. The third kappa shape index (κ3) is 4.38. The van der Waals surface area contributed by atoms with Gasteiger partial charge in [0.05, 0.1) is 25.5 Å². The lowest BCUT2D eigenvalue weighted by molar-refractivity contribution is -0.144. The average molecular weight is 416 g/mol. The molecule has 1 atom stereocenters. The Balaban J connectivity index is 1.52. The van der Waals surface area contributed by atoms with Crippen molar-refractivity contribution in [2.45, 2.75) is 25.8 Å². The van der Waals surface area contributed by atoms with Crippen LogP contribution in [0.5, 0.6) is 0 Å². The van der Waals surface area contributed by atoms with Gasteiger partial charge in [0.15, 0.2) is 17.5 Å². The first-order chi connectivity index (χ1) is 14.5. The van der Waals surface area contributed by atoms with Crippen LogP contribution in [0, 0.1) is 11.6 Å². The molecule has 0 radical (unpaired) electrons. The summed E-state index contributed by atoms with van der Waals surface area (Å²) in [5.74, 6) is -0.995. The van der Waals surface area contributed by atoms with E-state index in [1.165, 1.54) is 6.07 Å². The Morgan fingerprint density at radius 2 is 2.23 bits per heavy atom. The summed E-state index contributed by atoms with van der Waals surface area (Å²) >= 11 is 0. The van der Waals surface area contributed by atoms with E-state index in [2.05, 4.69) is 25.3 Å². The number of fused-ring (bicyclic) bond motifs is 1. The molecule has 3 aromatic rings. The third-order valence-electron chi connectivity index (χ3n) is 4.99. The summed E-state index contributed by atoms with van der Waals surface area (Å²) in [6.45, 7) is 3.67. The maximum atomic E-state index is 14.4. The molecule has 0 unspecified atom stereocenters. The summed E-state index contributed by atoms with van der Waals surface area (Å²) in [4.78, 5) is 29.0. The molecule has 0 bridgehead atoms. The molecular formula is C20H22F2N6O2. The molecule has 0 saturated carbocycles. The van der Waals surface area contributed by atoms with E-state index in [-0.39, 0.29) is 30.2 Å². The van der Waals surface area contributed by atoms with E-state index in [0.717, 1.165) is 31.8 Å². The van der Waals surface area contributed by atoms with Gasteiger partial charge in [-0.2, -0.15) is 0 Å². The molecule has 0 aliphatic carbocycles. The molecule has 8 nitrogen and oxygen atoms in total. The first kappa shape index (κ1) is 20.1. The van der Waals surface area contributed by atoms with Crippen LogP contribution in [0.1, 0.15) is 19.8 Å². The minimum atomic E-state index is -0.578. The SMILES string of the molecule is CCOC(=O)CN1CCC[C@H](Nc2nc(-c3c[nH]c4ncc(F)cc34)ncc2F)C1. The quantitative estimate of drug-likeness (QED) is 0.597. The molecule has 1 aliphatic rings. The number of nitrogens with one attached hydrogen (secondary N) is 2. The summed E-state index contributed by atoms with van der Waals surface area (Å²) in [6.07, 6.45) is 5.52. The molecule has 0 aromatic carbocycles. The molecule has 3 aromatic heterocycles. The molecule has 1 fully saturated rings. The number of carbonyl (C=O) groups is 1. The van der Waals surface area contributed by atoms with Crippen molar-refractivity contribution >= 4 is 22.8 Å². The fourth-order valence-electron chi connectivity index (χ4n) is 3.66. The molecule has 158 valence electrons. The number of H-pyrrole nitrogens is 1. The summed E-state index contributed by atoms with van der Waals surface area (Å²) in [5.41, 5.74) is 1.03. The molecule has 1 saturated heterocycles. The minimum absolute atomic E-state index is 0.0710. The number of anilines is 1.